The van der Waals surface area contributed by atoms with Crippen molar-refractivity contribution in [3.05, 3.63) is 53.6 Å². The summed E-state index contributed by atoms with van der Waals surface area (Å²) >= 11 is 0. The largest absolute Gasteiger partial charge is 0.508 e. The van der Waals surface area contributed by atoms with E-state index in [1.165, 1.54) is 11.0 Å². The maximum atomic E-state index is 13.7. The van der Waals surface area contributed by atoms with E-state index in [2.05, 4.69) is 10.6 Å². The zero-order valence-electron chi connectivity index (χ0n) is 22.3. The Morgan fingerprint density at radius 2 is 1.61 bits per heavy atom. The van der Waals surface area contributed by atoms with Crippen LogP contribution in [0.4, 0.5) is 10.5 Å². The minimum Gasteiger partial charge on any atom is -0.508 e. The molecular formula is C27H37N3O6. The lowest BCUT2D eigenvalue weighted by molar-refractivity contribution is -0.144. The molecule has 2 aromatic rings. The van der Waals surface area contributed by atoms with Crippen molar-refractivity contribution in [2.45, 2.75) is 65.6 Å². The number of carbonyl (C=O) groups is 3. The van der Waals surface area contributed by atoms with Gasteiger partial charge in [-0.1, -0.05) is 6.07 Å². The number of aromatic hydroxyl groups is 1. The van der Waals surface area contributed by atoms with Crippen molar-refractivity contribution in [3.63, 3.8) is 0 Å². The number of methoxy groups -OCH3 is 1. The summed E-state index contributed by atoms with van der Waals surface area (Å²) in [4.78, 5) is 40.7. The molecule has 3 N–H and O–H groups in total. The lowest BCUT2D eigenvalue weighted by Crippen LogP contribution is -2.54. The lowest BCUT2D eigenvalue weighted by atomic mass is 9.95. The van der Waals surface area contributed by atoms with E-state index in [0.717, 1.165) is 0 Å². The van der Waals surface area contributed by atoms with Gasteiger partial charge < -0.3 is 30.1 Å². The van der Waals surface area contributed by atoms with Crippen LogP contribution < -0.4 is 15.4 Å². The predicted octanol–water partition coefficient (Wildman–Crippen LogP) is 4.54. The van der Waals surface area contributed by atoms with Gasteiger partial charge in [0.15, 0.2) is 0 Å². The molecule has 0 fully saturated rings. The van der Waals surface area contributed by atoms with Crippen molar-refractivity contribution >= 4 is 23.6 Å². The molecule has 9 heteroatoms. The zero-order chi connectivity index (χ0) is 27.3. The van der Waals surface area contributed by atoms with Crippen molar-refractivity contribution in [1.82, 2.24) is 10.2 Å². The Labute approximate surface area is 212 Å². The van der Waals surface area contributed by atoms with Gasteiger partial charge >= 0.3 is 6.09 Å². The first-order valence-corrected chi connectivity index (χ1v) is 11.7. The number of carbonyl (C=O) groups excluding carboxylic acids is 3. The van der Waals surface area contributed by atoms with Gasteiger partial charge in [0.1, 0.15) is 29.7 Å². The minimum absolute atomic E-state index is 0.0771. The van der Waals surface area contributed by atoms with Gasteiger partial charge in [0.05, 0.1) is 7.11 Å². The van der Waals surface area contributed by atoms with Crippen LogP contribution in [0.1, 0.15) is 58.7 Å². The number of benzene rings is 2. The molecule has 0 aliphatic rings. The number of hydrogen-bond acceptors (Lipinski definition) is 6. The van der Waals surface area contributed by atoms with Crippen molar-refractivity contribution in [1.29, 1.82) is 0 Å². The van der Waals surface area contributed by atoms with Gasteiger partial charge in [-0.3, -0.25) is 9.59 Å². The SMILES string of the molecule is COc1ccc(NC(=O)C(c2ccc(O)c(C)c2)N(C(=O)CNC(=O)OC(C)(C)C)C(C)(C)C)cc1. The van der Waals surface area contributed by atoms with E-state index in [4.69, 9.17) is 9.47 Å². The minimum atomic E-state index is -1.06. The Morgan fingerprint density at radius 1 is 1.00 bits per heavy atom. The molecule has 2 aromatic carbocycles. The smallest absolute Gasteiger partial charge is 0.408 e. The molecule has 3 amide bonds. The number of rotatable bonds is 7. The fraction of sp³-hybridized carbons (Fsp3) is 0.444. The molecule has 2 rings (SSSR count). The van der Waals surface area contributed by atoms with Gasteiger partial charge in [-0.15, -0.1) is 0 Å². The maximum Gasteiger partial charge on any atom is 0.408 e. The van der Waals surface area contributed by atoms with Crippen LogP contribution in [-0.4, -0.2) is 52.7 Å². The summed E-state index contributed by atoms with van der Waals surface area (Å²) in [6.07, 6.45) is -0.732. The van der Waals surface area contributed by atoms with Crippen LogP contribution >= 0.6 is 0 Å². The van der Waals surface area contributed by atoms with E-state index < -0.39 is 35.1 Å². The number of nitrogens with zero attached hydrogens (tertiary/aromatic N) is 1. The third-order valence-electron chi connectivity index (χ3n) is 5.17. The third-order valence-corrected chi connectivity index (χ3v) is 5.17. The summed E-state index contributed by atoms with van der Waals surface area (Å²) in [5, 5.41) is 15.4. The summed E-state index contributed by atoms with van der Waals surface area (Å²) < 4.78 is 10.4. The van der Waals surface area contributed by atoms with E-state index >= 15 is 0 Å². The van der Waals surface area contributed by atoms with Gasteiger partial charge in [0.2, 0.25) is 5.91 Å². The fourth-order valence-corrected chi connectivity index (χ4v) is 3.60. The molecule has 0 bridgehead atoms. The molecule has 0 aliphatic heterocycles. The second kappa shape index (κ2) is 11.3. The van der Waals surface area contributed by atoms with Crippen LogP contribution in [0.15, 0.2) is 42.5 Å². The summed E-state index contributed by atoms with van der Waals surface area (Å²) in [6, 6.07) is 10.5. The Kier molecular flexibility index (Phi) is 8.96. The molecule has 36 heavy (non-hydrogen) atoms. The first-order chi connectivity index (χ1) is 16.6. The van der Waals surface area contributed by atoms with Crippen LogP contribution in [-0.2, 0) is 14.3 Å². The third kappa shape index (κ3) is 7.90. The molecule has 0 spiro atoms. The Hall–Kier alpha value is -3.75. The van der Waals surface area contributed by atoms with Gasteiger partial charge in [-0.25, -0.2) is 4.79 Å². The summed E-state index contributed by atoms with van der Waals surface area (Å²) in [6.45, 7) is 11.9. The molecule has 0 aliphatic carbocycles. The number of hydrogen-bond donors (Lipinski definition) is 3. The molecule has 196 valence electrons. The number of phenols is 1. The monoisotopic (exact) mass is 499 g/mol. The van der Waals surface area contributed by atoms with Gasteiger partial charge in [0, 0.05) is 11.2 Å². The van der Waals surface area contributed by atoms with Gasteiger partial charge in [-0.2, -0.15) is 0 Å². The van der Waals surface area contributed by atoms with Crippen LogP contribution in [0.3, 0.4) is 0 Å². The van der Waals surface area contributed by atoms with Gasteiger partial charge in [0.25, 0.3) is 5.91 Å². The number of anilines is 1. The van der Waals surface area contributed by atoms with Crippen LogP contribution in [0.5, 0.6) is 11.5 Å². The highest BCUT2D eigenvalue weighted by atomic mass is 16.6. The number of alkyl carbamates (subject to hydrolysis) is 1. The molecular weight excluding hydrogens is 462 g/mol. The number of nitrogens with one attached hydrogen (secondary N) is 2. The van der Waals surface area contributed by atoms with Crippen LogP contribution in [0.2, 0.25) is 0 Å². The maximum absolute atomic E-state index is 13.7. The van der Waals surface area contributed by atoms with Crippen LogP contribution in [0.25, 0.3) is 0 Å². The topological polar surface area (TPSA) is 117 Å². The zero-order valence-corrected chi connectivity index (χ0v) is 22.3. The van der Waals surface area contributed by atoms with E-state index in [9.17, 15) is 19.5 Å². The number of amides is 3. The predicted molar refractivity (Wildman–Crippen MR) is 138 cm³/mol. The average molecular weight is 500 g/mol. The summed E-state index contributed by atoms with van der Waals surface area (Å²) in [7, 11) is 1.55. The van der Waals surface area contributed by atoms with E-state index in [1.54, 1.807) is 92.0 Å². The number of ether oxygens (including phenoxy) is 2. The van der Waals surface area contributed by atoms with E-state index in [-0.39, 0.29) is 12.3 Å². The molecule has 0 radical (unpaired) electrons. The first kappa shape index (κ1) is 28.5. The van der Waals surface area contributed by atoms with Crippen molar-refractivity contribution in [3.8, 4) is 11.5 Å². The van der Waals surface area contributed by atoms with E-state index in [0.29, 0.717) is 22.6 Å². The molecule has 1 unspecified atom stereocenters. The molecule has 0 aromatic heterocycles. The first-order valence-electron chi connectivity index (χ1n) is 11.7. The van der Waals surface area contributed by atoms with Crippen molar-refractivity contribution < 1.29 is 29.0 Å². The Bertz CT molecular complexity index is 1080. The Morgan fingerprint density at radius 3 is 2.11 bits per heavy atom. The quantitative estimate of drug-likeness (QED) is 0.515. The molecule has 0 saturated heterocycles. The fourth-order valence-electron chi connectivity index (χ4n) is 3.60. The standard InChI is InChI=1S/C27H37N3O6/c1-17-15-18(9-14-21(17)31)23(24(33)29-19-10-12-20(35-8)13-11-19)30(26(2,3)4)22(32)16-28-25(34)36-27(5,6)7/h9-15,23,31H,16H2,1-8H3,(H,28,34)(H,29,33). The second-order valence-corrected chi connectivity index (χ2v) is 10.5. The lowest BCUT2D eigenvalue weighted by Gasteiger charge is -2.41. The summed E-state index contributed by atoms with van der Waals surface area (Å²) in [5.74, 6) is -0.216. The highest BCUT2D eigenvalue weighted by Gasteiger charge is 2.39. The van der Waals surface area contributed by atoms with Crippen molar-refractivity contribution in [2.24, 2.45) is 0 Å². The highest BCUT2D eigenvalue weighted by Crippen LogP contribution is 2.32. The average Bonchev–Trinajstić information content (AvgIpc) is 2.76. The normalized spacial score (nSPS) is 12.3. The molecule has 0 heterocycles. The van der Waals surface area contributed by atoms with Gasteiger partial charge in [-0.05, 0) is 96.0 Å². The van der Waals surface area contributed by atoms with E-state index in [1.807, 2.05) is 0 Å². The summed E-state index contributed by atoms with van der Waals surface area (Å²) in [5.41, 5.74) is 0.0657. The molecule has 1 atom stereocenters. The van der Waals surface area contributed by atoms with Crippen molar-refractivity contribution in [2.75, 3.05) is 19.0 Å². The number of phenolic OH excluding ortho intramolecular Hbond substituents is 1. The molecule has 0 saturated carbocycles. The Balaban J connectivity index is 2.44. The second-order valence-electron chi connectivity index (χ2n) is 10.5. The number of aryl methyl sites for hydroxylation is 1. The highest BCUT2D eigenvalue weighted by molar-refractivity contribution is 5.98. The molecule has 9 nitrogen and oxygen atoms in total. The van der Waals surface area contributed by atoms with Crippen LogP contribution in [0, 0.1) is 6.92 Å².